The first kappa shape index (κ1) is 12.4. The van der Waals surface area contributed by atoms with E-state index in [4.69, 9.17) is 0 Å². The predicted octanol–water partition coefficient (Wildman–Crippen LogP) is 3.15. The molecule has 0 bridgehead atoms. The summed E-state index contributed by atoms with van der Waals surface area (Å²) in [5, 5.41) is 7.81. The van der Waals surface area contributed by atoms with Crippen LogP contribution in [0.2, 0.25) is 0 Å². The van der Waals surface area contributed by atoms with Gasteiger partial charge in [-0.3, -0.25) is 10.00 Å². The van der Waals surface area contributed by atoms with Gasteiger partial charge < -0.3 is 0 Å². The molecule has 1 aliphatic rings. The number of rotatable bonds is 3. The minimum Gasteiger partial charge on any atom is -0.299 e. The fourth-order valence-electron chi connectivity index (χ4n) is 2.92. The highest BCUT2D eigenvalue weighted by molar-refractivity contribution is 5.67. The summed E-state index contributed by atoms with van der Waals surface area (Å²) in [4.78, 5) is 2.53. The smallest absolute Gasteiger partial charge is 0.0971 e. The number of nitrogens with one attached hydrogen (secondary N) is 1. The monoisotopic (exact) mass is 255 g/mol. The largest absolute Gasteiger partial charge is 0.299 e. The van der Waals surface area contributed by atoms with Crippen molar-refractivity contribution >= 4 is 0 Å². The number of aryl methyl sites for hydroxylation is 1. The lowest BCUT2D eigenvalue weighted by Crippen LogP contribution is -2.31. The van der Waals surface area contributed by atoms with E-state index in [2.05, 4.69) is 53.2 Å². The Hall–Kier alpha value is -1.61. The maximum Gasteiger partial charge on any atom is 0.0971 e. The van der Waals surface area contributed by atoms with Crippen molar-refractivity contribution in [3.63, 3.8) is 0 Å². The molecule has 2 heterocycles. The van der Waals surface area contributed by atoms with E-state index in [1.54, 1.807) is 0 Å². The summed E-state index contributed by atoms with van der Waals surface area (Å²) in [7, 11) is 0. The van der Waals surface area contributed by atoms with Crippen LogP contribution in [0.5, 0.6) is 0 Å². The molecule has 0 saturated carbocycles. The van der Waals surface area contributed by atoms with Crippen LogP contribution >= 0.6 is 0 Å². The number of hydrogen-bond acceptors (Lipinski definition) is 2. The van der Waals surface area contributed by atoms with Crippen molar-refractivity contribution in [2.24, 2.45) is 0 Å². The van der Waals surface area contributed by atoms with E-state index in [9.17, 15) is 0 Å². The lowest BCUT2D eigenvalue weighted by atomic mass is 9.98. The van der Waals surface area contributed by atoms with Gasteiger partial charge in [-0.15, -0.1) is 0 Å². The molecule has 100 valence electrons. The average Bonchev–Trinajstić information content (AvgIpc) is 2.83. The zero-order valence-corrected chi connectivity index (χ0v) is 11.7. The van der Waals surface area contributed by atoms with Crippen LogP contribution in [-0.4, -0.2) is 28.2 Å². The number of nitrogens with zero attached hydrogens (tertiary/aromatic N) is 2. The summed E-state index contributed by atoms with van der Waals surface area (Å²) in [5.74, 6) is 0. The van der Waals surface area contributed by atoms with E-state index in [1.807, 2.05) is 0 Å². The molecule has 1 aromatic heterocycles. The Kier molecular flexibility index (Phi) is 3.38. The molecule has 1 aliphatic heterocycles. The molecule has 3 heteroatoms. The molecule has 0 amide bonds. The Morgan fingerprint density at radius 1 is 1.32 bits per heavy atom. The molecule has 19 heavy (non-hydrogen) atoms. The summed E-state index contributed by atoms with van der Waals surface area (Å²) < 4.78 is 0. The Balaban J connectivity index is 1.97. The molecule has 3 nitrogen and oxygen atoms in total. The normalized spacial score (nSPS) is 15.5. The molecule has 2 aromatic rings. The first-order valence-corrected chi connectivity index (χ1v) is 7.14. The Bertz CT molecular complexity index is 571. The zero-order chi connectivity index (χ0) is 13.2. The predicted molar refractivity (Wildman–Crippen MR) is 78.0 cm³/mol. The van der Waals surface area contributed by atoms with Crippen molar-refractivity contribution in [2.75, 3.05) is 13.1 Å². The van der Waals surface area contributed by atoms with Crippen LogP contribution in [0, 0.1) is 6.92 Å². The van der Waals surface area contributed by atoms with E-state index in [-0.39, 0.29) is 0 Å². The lowest BCUT2D eigenvalue weighted by Gasteiger charge is -2.26. The second kappa shape index (κ2) is 5.17. The Morgan fingerprint density at radius 3 is 2.95 bits per heavy atom. The highest BCUT2D eigenvalue weighted by atomic mass is 15.2. The van der Waals surface area contributed by atoms with Crippen LogP contribution in [0.3, 0.4) is 0 Å². The van der Waals surface area contributed by atoms with Crippen LogP contribution in [0.4, 0.5) is 0 Å². The molecule has 1 aromatic carbocycles. The van der Waals surface area contributed by atoms with Crippen molar-refractivity contribution in [2.45, 2.75) is 33.2 Å². The molecule has 0 unspecified atom stereocenters. The van der Waals surface area contributed by atoms with E-state index in [0.29, 0.717) is 0 Å². The third kappa shape index (κ3) is 2.30. The van der Waals surface area contributed by atoms with Gasteiger partial charge in [0.05, 0.1) is 5.69 Å². The van der Waals surface area contributed by atoms with Crippen molar-refractivity contribution < 1.29 is 0 Å². The van der Waals surface area contributed by atoms with Gasteiger partial charge in [0.25, 0.3) is 0 Å². The van der Waals surface area contributed by atoms with Crippen molar-refractivity contribution in [1.29, 1.82) is 0 Å². The molecule has 3 rings (SSSR count). The summed E-state index contributed by atoms with van der Waals surface area (Å²) in [5.41, 5.74) is 6.43. The van der Waals surface area contributed by atoms with Gasteiger partial charge in [0.2, 0.25) is 0 Å². The first-order chi connectivity index (χ1) is 9.29. The van der Waals surface area contributed by atoms with E-state index in [1.165, 1.54) is 35.3 Å². The zero-order valence-electron chi connectivity index (χ0n) is 11.7. The minimum absolute atomic E-state index is 1.03. The number of benzene rings is 1. The van der Waals surface area contributed by atoms with Crippen LogP contribution in [0.25, 0.3) is 11.3 Å². The average molecular weight is 255 g/mol. The molecule has 0 radical (unpaired) electrons. The van der Waals surface area contributed by atoms with Crippen molar-refractivity contribution in [1.82, 2.24) is 15.1 Å². The van der Waals surface area contributed by atoms with E-state index >= 15 is 0 Å². The first-order valence-electron chi connectivity index (χ1n) is 7.14. The number of aromatic nitrogens is 2. The van der Waals surface area contributed by atoms with Gasteiger partial charge in [0.1, 0.15) is 0 Å². The molecule has 0 atom stereocenters. The maximum atomic E-state index is 4.57. The fourth-order valence-corrected chi connectivity index (χ4v) is 2.92. The number of aromatic amines is 1. The van der Waals surface area contributed by atoms with Crippen LogP contribution in [0.15, 0.2) is 24.3 Å². The van der Waals surface area contributed by atoms with E-state index in [0.717, 1.165) is 25.2 Å². The highest BCUT2D eigenvalue weighted by Gasteiger charge is 2.22. The molecule has 0 fully saturated rings. The number of fused-ring (bicyclic) bond motifs is 1. The Morgan fingerprint density at radius 2 is 2.16 bits per heavy atom. The van der Waals surface area contributed by atoms with Crippen LogP contribution in [-0.2, 0) is 13.0 Å². The number of hydrogen-bond donors (Lipinski definition) is 1. The van der Waals surface area contributed by atoms with Gasteiger partial charge in [-0.1, -0.05) is 31.2 Å². The minimum atomic E-state index is 1.03. The fraction of sp³-hybridized carbons (Fsp3) is 0.438. The topological polar surface area (TPSA) is 31.9 Å². The molecule has 0 spiro atoms. The summed E-state index contributed by atoms with van der Waals surface area (Å²) in [6.07, 6.45) is 2.31. The summed E-state index contributed by atoms with van der Waals surface area (Å²) >= 11 is 0. The quantitative estimate of drug-likeness (QED) is 0.913. The van der Waals surface area contributed by atoms with Crippen molar-refractivity contribution in [3.05, 3.63) is 41.1 Å². The molecule has 0 saturated heterocycles. The van der Waals surface area contributed by atoms with Gasteiger partial charge in [-0.2, -0.15) is 5.10 Å². The second-order valence-corrected chi connectivity index (χ2v) is 5.37. The third-order valence-electron chi connectivity index (χ3n) is 3.95. The summed E-state index contributed by atoms with van der Waals surface area (Å²) in [6.45, 7) is 7.76. The van der Waals surface area contributed by atoms with Gasteiger partial charge in [0, 0.05) is 36.3 Å². The Labute approximate surface area is 114 Å². The lowest BCUT2D eigenvalue weighted by molar-refractivity contribution is 0.254. The van der Waals surface area contributed by atoms with Gasteiger partial charge in [-0.05, 0) is 25.5 Å². The molecule has 0 aliphatic carbocycles. The van der Waals surface area contributed by atoms with Crippen molar-refractivity contribution in [3.8, 4) is 11.3 Å². The van der Waals surface area contributed by atoms with E-state index < -0.39 is 0 Å². The van der Waals surface area contributed by atoms with Crippen LogP contribution < -0.4 is 0 Å². The standard InChI is InChI=1S/C16H21N3/c1-3-9-19-10-8-15-14(11-19)16(18-17-15)13-7-5-4-6-12(13)2/h4-7H,3,8-11H2,1-2H3,(H,17,18). The molecule has 1 N–H and O–H groups in total. The van der Waals surface area contributed by atoms with Gasteiger partial charge in [-0.25, -0.2) is 0 Å². The van der Waals surface area contributed by atoms with Gasteiger partial charge >= 0.3 is 0 Å². The maximum absolute atomic E-state index is 4.57. The highest BCUT2D eigenvalue weighted by Crippen LogP contribution is 2.30. The molecular formula is C16H21N3. The third-order valence-corrected chi connectivity index (χ3v) is 3.95. The number of H-pyrrole nitrogens is 1. The second-order valence-electron chi connectivity index (χ2n) is 5.37. The summed E-state index contributed by atoms with van der Waals surface area (Å²) in [6, 6.07) is 8.50. The SMILES string of the molecule is CCCN1CCc2[nH]nc(-c3ccccc3C)c2C1. The van der Waals surface area contributed by atoms with Crippen LogP contribution in [0.1, 0.15) is 30.2 Å². The molecular weight excluding hydrogens is 234 g/mol. The van der Waals surface area contributed by atoms with Gasteiger partial charge in [0.15, 0.2) is 0 Å².